The molecule has 0 radical (unpaired) electrons. The molecule has 0 saturated carbocycles. The minimum atomic E-state index is -0.837. The SMILES string of the molecule is COc1c(C(N)=O)ncn(-c2cnoc2)c1=O. The average molecular weight is 236 g/mol. The van der Waals surface area contributed by atoms with Crippen molar-refractivity contribution in [2.24, 2.45) is 5.73 Å². The topological polar surface area (TPSA) is 113 Å². The van der Waals surface area contributed by atoms with Crippen LogP contribution in [0, 0.1) is 0 Å². The van der Waals surface area contributed by atoms with Crippen molar-refractivity contribution in [1.29, 1.82) is 0 Å². The number of hydrogen-bond donors (Lipinski definition) is 1. The summed E-state index contributed by atoms with van der Waals surface area (Å²) in [6, 6.07) is 0. The number of hydrogen-bond acceptors (Lipinski definition) is 6. The van der Waals surface area contributed by atoms with E-state index in [0.717, 1.165) is 10.9 Å². The van der Waals surface area contributed by atoms with Crippen LogP contribution in [0.1, 0.15) is 10.5 Å². The maximum absolute atomic E-state index is 11.9. The minimum Gasteiger partial charge on any atom is -0.489 e. The van der Waals surface area contributed by atoms with Gasteiger partial charge in [0.05, 0.1) is 13.3 Å². The summed E-state index contributed by atoms with van der Waals surface area (Å²) >= 11 is 0. The van der Waals surface area contributed by atoms with Gasteiger partial charge in [0.15, 0.2) is 5.69 Å². The molecule has 0 atom stereocenters. The van der Waals surface area contributed by atoms with E-state index >= 15 is 0 Å². The summed E-state index contributed by atoms with van der Waals surface area (Å²) in [5.41, 5.74) is 4.65. The lowest BCUT2D eigenvalue weighted by Crippen LogP contribution is -2.26. The molecular weight excluding hydrogens is 228 g/mol. The number of primary amides is 1. The van der Waals surface area contributed by atoms with Gasteiger partial charge in [0, 0.05) is 0 Å². The Hall–Kier alpha value is -2.64. The second-order valence-corrected chi connectivity index (χ2v) is 3.05. The first-order valence-corrected chi connectivity index (χ1v) is 4.50. The molecule has 0 aliphatic carbocycles. The first kappa shape index (κ1) is 10.9. The Morgan fingerprint density at radius 3 is 2.88 bits per heavy atom. The fourth-order valence-corrected chi connectivity index (χ4v) is 1.30. The molecular formula is C9H8N4O4. The summed E-state index contributed by atoms with van der Waals surface area (Å²) in [6.45, 7) is 0. The highest BCUT2D eigenvalue weighted by Crippen LogP contribution is 2.10. The Kier molecular flexibility index (Phi) is 2.61. The van der Waals surface area contributed by atoms with Crippen LogP contribution < -0.4 is 16.0 Å². The summed E-state index contributed by atoms with van der Waals surface area (Å²) in [5.74, 6) is -1.06. The minimum absolute atomic E-state index is 0.217. The number of rotatable bonds is 3. The van der Waals surface area contributed by atoms with Gasteiger partial charge in [-0.1, -0.05) is 5.16 Å². The second kappa shape index (κ2) is 4.08. The Morgan fingerprint density at radius 2 is 2.35 bits per heavy atom. The molecule has 2 heterocycles. The monoisotopic (exact) mass is 236 g/mol. The Bertz CT molecular complexity index is 602. The van der Waals surface area contributed by atoms with E-state index in [1.54, 1.807) is 0 Å². The molecule has 8 heteroatoms. The van der Waals surface area contributed by atoms with E-state index < -0.39 is 11.5 Å². The van der Waals surface area contributed by atoms with Gasteiger partial charge in [-0.25, -0.2) is 4.98 Å². The third-order valence-corrected chi connectivity index (χ3v) is 2.07. The molecule has 0 spiro atoms. The zero-order valence-electron chi connectivity index (χ0n) is 8.78. The zero-order chi connectivity index (χ0) is 12.4. The molecule has 17 heavy (non-hydrogen) atoms. The lowest BCUT2D eigenvalue weighted by molar-refractivity contribution is 0.0991. The van der Waals surface area contributed by atoms with Crippen molar-refractivity contribution in [1.82, 2.24) is 14.7 Å². The van der Waals surface area contributed by atoms with E-state index in [1.165, 1.54) is 19.6 Å². The van der Waals surface area contributed by atoms with Crippen LogP contribution in [-0.4, -0.2) is 27.7 Å². The predicted molar refractivity (Wildman–Crippen MR) is 55.0 cm³/mol. The average Bonchev–Trinajstić information content (AvgIpc) is 2.81. The maximum Gasteiger partial charge on any atom is 0.301 e. The molecule has 0 unspecified atom stereocenters. The van der Waals surface area contributed by atoms with Gasteiger partial charge in [0.1, 0.15) is 18.3 Å². The summed E-state index contributed by atoms with van der Waals surface area (Å²) < 4.78 is 10.6. The van der Waals surface area contributed by atoms with Gasteiger partial charge in [0.25, 0.3) is 5.91 Å². The number of carbonyl (C=O) groups is 1. The van der Waals surface area contributed by atoms with Crippen molar-refractivity contribution >= 4 is 5.91 Å². The van der Waals surface area contributed by atoms with Crippen LogP contribution >= 0.6 is 0 Å². The fourth-order valence-electron chi connectivity index (χ4n) is 1.30. The standard InChI is InChI=1S/C9H8N4O4/c1-16-7-6(8(10)14)11-4-13(9(7)15)5-2-12-17-3-5/h2-4H,1H3,(H2,10,14). The van der Waals surface area contributed by atoms with E-state index in [-0.39, 0.29) is 11.4 Å². The largest absolute Gasteiger partial charge is 0.489 e. The smallest absolute Gasteiger partial charge is 0.301 e. The highest BCUT2D eigenvalue weighted by atomic mass is 16.5. The lowest BCUT2D eigenvalue weighted by Gasteiger charge is -2.06. The number of amides is 1. The van der Waals surface area contributed by atoms with Gasteiger partial charge in [0.2, 0.25) is 5.75 Å². The van der Waals surface area contributed by atoms with E-state index in [9.17, 15) is 9.59 Å². The van der Waals surface area contributed by atoms with Crippen molar-refractivity contribution < 1.29 is 14.1 Å². The molecule has 2 N–H and O–H groups in total. The Morgan fingerprint density at radius 1 is 1.59 bits per heavy atom. The molecule has 0 bridgehead atoms. The van der Waals surface area contributed by atoms with Gasteiger partial charge < -0.3 is 15.0 Å². The third kappa shape index (κ3) is 1.75. The molecule has 0 saturated heterocycles. The van der Waals surface area contributed by atoms with E-state index in [4.69, 9.17) is 10.5 Å². The number of nitrogens with zero attached hydrogens (tertiary/aromatic N) is 3. The van der Waals surface area contributed by atoms with Crippen molar-refractivity contribution in [3.8, 4) is 11.4 Å². The summed E-state index contributed by atoms with van der Waals surface area (Å²) in [7, 11) is 1.25. The first-order valence-electron chi connectivity index (χ1n) is 4.50. The Balaban J connectivity index is 2.67. The van der Waals surface area contributed by atoms with Crippen LogP contribution in [0.5, 0.6) is 5.75 Å². The number of methoxy groups -OCH3 is 1. The van der Waals surface area contributed by atoms with Crippen LogP contribution in [0.4, 0.5) is 0 Å². The second-order valence-electron chi connectivity index (χ2n) is 3.05. The molecule has 0 aliphatic heterocycles. The molecule has 8 nitrogen and oxygen atoms in total. The van der Waals surface area contributed by atoms with E-state index in [2.05, 4.69) is 14.7 Å². The van der Waals surface area contributed by atoms with Crippen molar-refractivity contribution in [3.63, 3.8) is 0 Å². The summed E-state index contributed by atoms with van der Waals surface area (Å²) in [6.07, 6.45) is 3.73. The van der Waals surface area contributed by atoms with Crippen LogP contribution in [0.3, 0.4) is 0 Å². The van der Waals surface area contributed by atoms with Gasteiger partial charge >= 0.3 is 5.56 Å². The number of ether oxygens (including phenoxy) is 1. The molecule has 1 amide bonds. The summed E-state index contributed by atoms with van der Waals surface area (Å²) in [4.78, 5) is 26.7. The van der Waals surface area contributed by atoms with Crippen LogP contribution in [0.25, 0.3) is 5.69 Å². The zero-order valence-corrected chi connectivity index (χ0v) is 8.78. The highest BCUT2D eigenvalue weighted by molar-refractivity contribution is 5.93. The first-order chi connectivity index (χ1) is 8.15. The van der Waals surface area contributed by atoms with Crippen LogP contribution in [0.15, 0.2) is 28.1 Å². The fraction of sp³-hybridized carbons (Fsp3) is 0.111. The van der Waals surface area contributed by atoms with Crippen molar-refractivity contribution in [2.75, 3.05) is 7.11 Å². The lowest BCUT2D eigenvalue weighted by atomic mass is 10.3. The molecule has 0 aromatic carbocycles. The van der Waals surface area contributed by atoms with Gasteiger partial charge in [-0.05, 0) is 0 Å². The Labute approximate surface area is 94.6 Å². The number of nitrogens with two attached hydrogens (primary N) is 1. The number of aromatic nitrogens is 3. The van der Waals surface area contributed by atoms with Gasteiger partial charge in [-0.15, -0.1) is 0 Å². The quantitative estimate of drug-likeness (QED) is 0.755. The third-order valence-electron chi connectivity index (χ3n) is 2.07. The molecule has 2 aromatic heterocycles. The van der Waals surface area contributed by atoms with Crippen LogP contribution in [0.2, 0.25) is 0 Å². The van der Waals surface area contributed by atoms with E-state index in [0.29, 0.717) is 5.69 Å². The highest BCUT2D eigenvalue weighted by Gasteiger charge is 2.17. The van der Waals surface area contributed by atoms with E-state index in [1.807, 2.05) is 0 Å². The molecule has 2 rings (SSSR count). The van der Waals surface area contributed by atoms with Gasteiger partial charge in [-0.2, -0.15) is 0 Å². The summed E-state index contributed by atoms with van der Waals surface area (Å²) in [5, 5.41) is 3.46. The molecule has 0 fully saturated rings. The molecule has 0 aliphatic rings. The van der Waals surface area contributed by atoms with Crippen molar-refractivity contribution in [2.45, 2.75) is 0 Å². The van der Waals surface area contributed by atoms with Crippen LogP contribution in [-0.2, 0) is 0 Å². The predicted octanol–water partition coefficient (Wildman–Crippen LogP) is -0.672. The van der Waals surface area contributed by atoms with Crippen molar-refractivity contribution in [3.05, 3.63) is 34.8 Å². The number of carbonyl (C=O) groups excluding carboxylic acids is 1. The van der Waals surface area contributed by atoms with Gasteiger partial charge in [-0.3, -0.25) is 14.2 Å². The molecule has 88 valence electrons. The molecule has 2 aromatic rings. The maximum atomic E-state index is 11.9. The normalized spacial score (nSPS) is 10.2.